The molecule has 0 aliphatic carbocycles. The van der Waals surface area contributed by atoms with Gasteiger partial charge >= 0.3 is 5.97 Å². The highest BCUT2D eigenvalue weighted by Crippen LogP contribution is 2.15. The molecular formula is C12H13NO3. The number of esters is 1. The summed E-state index contributed by atoms with van der Waals surface area (Å²) in [5, 5.41) is 18.4. The predicted molar refractivity (Wildman–Crippen MR) is 57.5 cm³/mol. The summed E-state index contributed by atoms with van der Waals surface area (Å²) in [6.07, 6.45) is 0.158. The lowest BCUT2D eigenvalue weighted by Crippen LogP contribution is -2.38. The highest BCUT2D eigenvalue weighted by Gasteiger charge is 2.31. The van der Waals surface area contributed by atoms with Gasteiger partial charge in [-0.15, -0.1) is 0 Å². The molecule has 0 aliphatic rings. The topological polar surface area (TPSA) is 70.3 Å². The molecule has 0 saturated heterocycles. The minimum Gasteiger partial charge on any atom is -0.467 e. The average Bonchev–Trinajstić information content (AvgIpc) is 2.28. The van der Waals surface area contributed by atoms with Gasteiger partial charge in [0.1, 0.15) is 0 Å². The van der Waals surface area contributed by atoms with Crippen molar-refractivity contribution in [1.82, 2.24) is 0 Å². The maximum atomic E-state index is 11.2. The van der Waals surface area contributed by atoms with Crippen molar-refractivity contribution in [2.45, 2.75) is 18.9 Å². The van der Waals surface area contributed by atoms with Crippen LogP contribution in [-0.2, 0) is 16.0 Å². The molecule has 0 radical (unpaired) electrons. The Hall–Kier alpha value is -1.86. The molecule has 4 heteroatoms. The molecule has 0 amide bonds. The second-order valence-electron chi connectivity index (χ2n) is 3.75. The number of methoxy groups -OCH3 is 1. The average molecular weight is 219 g/mol. The van der Waals surface area contributed by atoms with E-state index in [2.05, 4.69) is 4.74 Å². The second kappa shape index (κ2) is 4.77. The van der Waals surface area contributed by atoms with Gasteiger partial charge in [-0.05, 0) is 24.6 Å². The SMILES string of the molecule is COC(=O)C(C)(O)Cc1ccc(C#N)cc1. The second-order valence-corrected chi connectivity index (χ2v) is 3.75. The molecule has 1 atom stereocenters. The lowest BCUT2D eigenvalue weighted by atomic mass is 9.96. The molecule has 0 aliphatic heterocycles. The van der Waals surface area contributed by atoms with Gasteiger partial charge in [-0.3, -0.25) is 0 Å². The molecule has 1 N–H and O–H groups in total. The number of rotatable bonds is 3. The number of carbonyl (C=O) groups excluding carboxylic acids is 1. The highest BCUT2D eigenvalue weighted by molar-refractivity contribution is 5.79. The number of hydrogen-bond donors (Lipinski definition) is 1. The molecule has 0 spiro atoms. The van der Waals surface area contributed by atoms with Gasteiger partial charge in [0, 0.05) is 6.42 Å². The van der Waals surface area contributed by atoms with Crippen LogP contribution in [0.1, 0.15) is 18.1 Å². The molecule has 0 bridgehead atoms. The minimum atomic E-state index is -1.54. The smallest absolute Gasteiger partial charge is 0.337 e. The van der Waals surface area contributed by atoms with E-state index >= 15 is 0 Å². The lowest BCUT2D eigenvalue weighted by molar-refractivity contribution is -0.160. The van der Waals surface area contributed by atoms with Crippen LogP contribution in [0.15, 0.2) is 24.3 Å². The Labute approximate surface area is 94.1 Å². The van der Waals surface area contributed by atoms with Gasteiger partial charge in [0.2, 0.25) is 0 Å². The first-order valence-electron chi connectivity index (χ1n) is 4.79. The Morgan fingerprint density at radius 3 is 2.50 bits per heavy atom. The van der Waals surface area contributed by atoms with E-state index in [9.17, 15) is 9.90 Å². The summed E-state index contributed by atoms with van der Waals surface area (Å²) in [5.74, 6) is -0.670. The van der Waals surface area contributed by atoms with Crippen LogP contribution in [0.2, 0.25) is 0 Å². The number of benzene rings is 1. The number of aliphatic hydroxyl groups is 1. The molecule has 1 rings (SSSR count). The molecule has 0 fully saturated rings. The highest BCUT2D eigenvalue weighted by atomic mass is 16.5. The summed E-state index contributed by atoms with van der Waals surface area (Å²) < 4.78 is 4.49. The Morgan fingerprint density at radius 2 is 2.06 bits per heavy atom. The van der Waals surface area contributed by atoms with Crippen LogP contribution in [0, 0.1) is 11.3 Å². The molecule has 0 saturated carbocycles. The fourth-order valence-corrected chi connectivity index (χ4v) is 1.39. The molecule has 0 aromatic heterocycles. The zero-order valence-corrected chi connectivity index (χ0v) is 9.23. The van der Waals surface area contributed by atoms with Crippen LogP contribution in [0.5, 0.6) is 0 Å². The first-order valence-corrected chi connectivity index (χ1v) is 4.79. The van der Waals surface area contributed by atoms with Crippen LogP contribution in [-0.4, -0.2) is 23.8 Å². The van der Waals surface area contributed by atoms with E-state index in [0.717, 1.165) is 5.56 Å². The van der Waals surface area contributed by atoms with E-state index in [1.165, 1.54) is 14.0 Å². The monoisotopic (exact) mass is 219 g/mol. The number of nitriles is 1. The third-order valence-corrected chi connectivity index (χ3v) is 2.26. The van der Waals surface area contributed by atoms with Crippen LogP contribution in [0.25, 0.3) is 0 Å². The van der Waals surface area contributed by atoms with Gasteiger partial charge in [-0.25, -0.2) is 4.79 Å². The molecule has 16 heavy (non-hydrogen) atoms. The molecule has 4 nitrogen and oxygen atoms in total. The number of hydrogen-bond acceptors (Lipinski definition) is 4. The van der Waals surface area contributed by atoms with Crippen molar-refractivity contribution in [3.05, 3.63) is 35.4 Å². The summed E-state index contributed by atoms with van der Waals surface area (Å²) in [4.78, 5) is 11.2. The molecule has 1 aromatic carbocycles. The minimum absolute atomic E-state index is 0.158. The maximum Gasteiger partial charge on any atom is 0.337 e. The van der Waals surface area contributed by atoms with Crippen LogP contribution in [0.4, 0.5) is 0 Å². The number of nitrogens with zero attached hydrogens (tertiary/aromatic N) is 1. The number of ether oxygens (including phenoxy) is 1. The Balaban J connectivity index is 2.81. The van der Waals surface area contributed by atoms with Crippen LogP contribution in [0.3, 0.4) is 0 Å². The summed E-state index contributed by atoms with van der Waals surface area (Å²) in [6.45, 7) is 1.40. The van der Waals surface area contributed by atoms with E-state index in [1.54, 1.807) is 24.3 Å². The normalized spacial score (nSPS) is 13.6. The summed E-state index contributed by atoms with van der Waals surface area (Å²) >= 11 is 0. The fraction of sp³-hybridized carbons (Fsp3) is 0.333. The van der Waals surface area contributed by atoms with Crippen molar-refractivity contribution in [1.29, 1.82) is 5.26 Å². The number of carbonyl (C=O) groups is 1. The van der Waals surface area contributed by atoms with Crippen molar-refractivity contribution < 1.29 is 14.6 Å². The molecular weight excluding hydrogens is 206 g/mol. The van der Waals surface area contributed by atoms with E-state index in [0.29, 0.717) is 5.56 Å². The summed E-state index contributed by atoms with van der Waals surface area (Å²) in [5.41, 5.74) is -0.223. The summed E-state index contributed by atoms with van der Waals surface area (Å²) in [7, 11) is 1.23. The zero-order valence-electron chi connectivity index (χ0n) is 9.23. The van der Waals surface area contributed by atoms with Crippen molar-refractivity contribution in [2.75, 3.05) is 7.11 Å². The van der Waals surface area contributed by atoms with Crippen molar-refractivity contribution in [3.63, 3.8) is 0 Å². The van der Waals surface area contributed by atoms with Gasteiger partial charge in [0.05, 0.1) is 18.7 Å². The Morgan fingerprint density at radius 1 is 1.50 bits per heavy atom. The van der Waals surface area contributed by atoms with Gasteiger partial charge in [0.25, 0.3) is 0 Å². The van der Waals surface area contributed by atoms with Crippen molar-refractivity contribution >= 4 is 5.97 Å². The Bertz CT molecular complexity index is 415. The van der Waals surface area contributed by atoms with E-state index < -0.39 is 11.6 Å². The predicted octanol–water partition coefficient (Wildman–Crippen LogP) is 1.02. The van der Waals surface area contributed by atoms with Crippen molar-refractivity contribution in [3.8, 4) is 6.07 Å². The van der Waals surface area contributed by atoms with E-state index in [1.807, 2.05) is 6.07 Å². The van der Waals surface area contributed by atoms with Crippen LogP contribution < -0.4 is 0 Å². The molecule has 84 valence electrons. The molecule has 1 aromatic rings. The maximum absolute atomic E-state index is 11.2. The first kappa shape index (κ1) is 12.2. The van der Waals surface area contributed by atoms with E-state index in [4.69, 9.17) is 5.26 Å². The van der Waals surface area contributed by atoms with Crippen LogP contribution >= 0.6 is 0 Å². The lowest BCUT2D eigenvalue weighted by Gasteiger charge is -2.19. The third kappa shape index (κ3) is 2.81. The quantitative estimate of drug-likeness (QED) is 0.770. The third-order valence-electron chi connectivity index (χ3n) is 2.26. The van der Waals surface area contributed by atoms with Gasteiger partial charge in [-0.2, -0.15) is 5.26 Å². The molecule has 0 heterocycles. The van der Waals surface area contributed by atoms with Gasteiger partial charge < -0.3 is 9.84 Å². The van der Waals surface area contributed by atoms with Crippen molar-refractivity contribution in [2.24, 2.45) is 0 Å². The van der Waals surface area contributed by atoms with Gasteiger partial charge in [-0.1, -0.05) is 12.1 Å². The van der Waals surface area contributed by atoms with E-state index in [-0.39, 0.29) is 6.42 Å². The van der Waals surface area contributed by atoms with Gasteiger partial charge in [0.15, 0.2) is 5.60 Å². The first-order chi connectivity index (χ1) is 7.49. The summed E-state index contributed by atoms with van der Waals surface area (Å²) in [6, 6.07) is 8.69. The largest absolute Gasteiger partial charge is 0.467 e. The fourth-order valence-electron chi connectivity index (χ4n) is 1.39. The molecule has 1 unspecified atom stereocenters. The Kier molecular flexibility index (Phi) is 3.64. The zero-order chi connectivity index (χ0) is 12.2. The standard InChI is InChI=1S/C12H13NO3/c1-12(15,11(14)16-2)7-9-3-5-10(8-13)6-4-9/h3-6,15H,7H2,1-2H3.